The van der Waals surface area contributed by atoms with Crippen LogP contribution in [0.5, 0.6) is 0 Å². The molecule has 6 nitrogen and oxygen atoms in total. The van der Waals surface area contributed by atoms with Gasteiger partial charge in [0.2, 0.25) is 0 Å². The zero-order chi connectivity index (χ0) is 25.8. The molecule has 0 saturated heterocycles. The molecule has 0 saturated carbocycles. The largest absolute Gasteiger partial charge is 0.462 e. The van der Waals surface area contributed by atoms with Crippen LogP contribution in [0.2, 0.25) is 0 Å². The predicted octanol–water partition coefficient (Wildman–Crippen LogP) is 7.46. The van der Waals surface area contributed by atoms with E-state index in [-0.39, 0.29) is 12.5 Å². The second kappa shape index (κ2) is 10.9. The number of para-hydroxylation sites is 1. The third-order valence-electron chi connectivity index (χ3n) is 5.68. The van der Waals surface area contributed by atoms with Gasteiger partial charge in [-0.05, 0) is 36.8 Å². The molecule has 0 aliphatic heterocycles. The number of rotatable bonds is 7. The van der Waals surface area contributed by atoms with E-state index in [1.807, 2.05) is 90.3 Å². The molecule has 3 aromatic carbocycles. The van der Waals surface area contributed by atoms with Crippen LogP contribution >= 0.6 is 27.3 Å². The standard InChI is InChI=1S/C29H22BrN3O3S/c1-2-36-29(35)25-24(19-9-5-3-6-10-19)18-37-28(25)31-27(34)23-17-33(22-11-7-4-8-12-22)32-26(23)20-13-15-21(30)16-14-20/h3-18H,2H2,1H3,(H,31,34). The Kier molecular flexibility index (Phi) is 7.30. The highest BCUT2D eigenvalue weighted by molar-refractivity contribution is 9.10. The van der Waals surface area contributed by atoms with Crippen LogP contribution in [0.1, 0.15) is 27.6 Å². The molecule has 184 valence electrons. The van der Waals surface area contributed by atoms with Crippen LogP contribution in [-0.2, 0) is 4.74 Å². The van der Waals surface area contributed by atoms with Gasteiger partial charge in [-0.1, -0.05) is 76.6 Å². The second-order valence-electron chi connectivity index (χ2n) is 8.07. The monoisotopic (exact) mass is 571 g/mol. The minimum absolute atomic E-state index is 0.230. The number of ether oxygens (including phenoxy) is 1. The number of hydrogen-bond donors (Lipinski definition) is 1. The summed E-state index contributed by atoms with van der Waals surface area (Å²) in [4.78, 5) is 26.6. The van der Waals surface area contributed by atoms with Crippen molar-refractivity contribution in [1.82, 2.24) is 9.78 Å². The van der Waals surface area contributed by atoms with Gasteiger partial charge < -0.3 is 10.1 Å². The highest BCUT2D eigenvalue weighted by atomic mass is 79.9. The van der Waals surface area contributed by atoms with Gasteiger partial charge in [-0.2, -0.15) is 5.10 Å². The number of thiophene rings is 1. The first-order valence-electron chi connectivity index (χ1n) is 11.6. The van der Waals surface area contributed by atoms with E-state index in [1.54, 1.807) is 17.8 Å². The molecule has 0 radical (unpaired) electrons. The Balaban J connectivity index is 1.56. The molecule has 0 bridgehead atoms. The van der Waals surface area contributed by atoms with Crippen molar-refractivity contribution in [1.29, 1.82) is 0 Å². The second-order valence-corrected chi connectivity index (χ2v) is 9.87. The van der Waals surface area contributed by atoms with Gasteiger partial charge in [-0.3, -0.25) is 4.79 Å². The van der Waals surface area contributed by atoms with Crippen LogP contribution in [0.3, 0.4) is 0 Å². The lowest BCUT2D eigenvalue weighted by atomic mass is 10.0. The summed E-state index contributed by atoms with van der Waals surface area (Å²) in [7, 11) is 0. The predicted molar refractivity (Wildman–Crippen MR) is 150 cm³/mol. The molecule has 37 heavy (non-hydrogen) atoms. The van der Waals surface area contributed by atoms with Crippen molar-refractivity contribution in [2.75, 3.05) is 11.9 Å². The summed E-state index contributed by atoms with van der Waals surface area (Å²) in [5.74, 6) is -0.849. The Bertz CT molecular complexity index is 1540. The van der Waals surface area contributed by atoms with Gasteiger partial charge in [-0.15, -0.1) is 11.3 Å². The Morgan fingerprint density at radius 2 is 1.62 bits per heavy atom. The molecule has 2 heterocycles. The maximum Gasteiger partial charge on any atom is 0.341 e. The van der Waals surface area contributed by atoms with E-state index in [2.05, 4.69) is 21.2 Å². The zero-order valence-corrected chi connectivity index (χ0v) is 22.3. The van der Waals surface area contributed by atoms with E-state index in [0.29, 0.717) is 27.4 Å². The van der Waals surface area contributed by atoms with E-state index in [1.165, 1.54) is 11.3 Å². The molecule has 1 N–H and O–H groups in total. The number of nitrogens with zero attached hydrogens (tertiary/aromatic N) is 2. The van der Waals surface area contributed by atoms with E-state index in [9.17, 15) is 9.59 Å². The lowest BCUT2D eigenvalue weighted by Crippen LogP contribution is -2.15. The highest BCUT2D eigenvalue weighted by Gasteiger charge is 2.25. The number of benzene rings is 3. The van der Waals surface area contributed by atoms with Gasteiger partial charge in [-0.25, -0.2) is 9.48 Å². The normalized spacial score (nSPS) is 10.8. The van der Waals surface area contributed by atoms with Crippen molar-refractivity contribution in [3.8, 4) is 28.1 Å². The molecule has 8 heteroatoms. The minimum atomic E-state index is -0.481. The van der Waals surface area contributed by atoms with Crippen LogP contribution in [-0.4, -0.2) is 28.3 Å². The summed E-state index contributed by atoms with van der Waals surface area (Å²) >= 11 is 4.75. The Hall–Kier alpha value is -4.01. The highest BCUT2D eigenvalue weighted by Crippen LogP contribution is 2.37. The van der Waals surface area contributed by atoms with E-state index in [4.69, 9.17) is 9.84 Å². The fourth-order valence-electron chi connectivity index (χ4n) is 3.93. The van der Waals surface area contributed by atoms with Crippen LogP contribution < -0.4 is 5.32 Å². The maximum absolute atomic E-state index is 13.7. The van der Waals surface area contributed by atoms with E-state index < -0.39 is 5.97 Å². The summed E-state index contributed by atoms with van der Waals surface area (Å²) in [5.41, 5.74) is 4.47. The van der Waals surface area contributed by atoms with Gasteiger partial charge in [0.05, 0.1) is 17.9 Å². The molecular formula is C29H22BrN3O3S. The number of carbonyl (C=O) groups is 2. The topological polar surface area (TPSA) is 73.2 Å². The number of hydrogen-bond acceptors (Lipinski definition) is 5. The fraction of sp³-hybridized carbons (Fsp3) is 0.0690. The Morgan fingerprint density at radius 1 is 0.946 bits per heavy atom. The number of amides is 1. The quantitative estimate of drug-likeness (QED) is 0.206. The smallest absolute Gasteiger partial charge is 0.341 e. The average molecular weight is 572 g/mol. The van der Waals surface area contributed by atoms with Crippen molar-refractivity contribution in [3.05, 3.63) is 112 Å². The van der Waals surface area contributed by atoms with Crippen molar-refractivity contribution < 1.29 is 14.3 Å². The molecule has 5 rings (SSSR count). The number of esters is 1. The molecule has 5 aromatic rings. The van der Waals surface area contributed by atoms with Crippen LogP contribution in [0, 0.1) is 0 Å². The van der Waals surface area contributed by atoms with Crippen molar-refractivity contribution in [2.45, 2.75) is 6.92 Å². The molecule has 0 spiro atoms. The van der Waals surface area contributed by atoms with Crippen molar-refractivity contribution in [2.24, 2.45) is 0 Å². The van der Waals surface area contributed by atoms with E-state index in [0.717, 1.165) is 21.3 Å². The zero-order valence-electron chi connectivity index (χ0n) is 19.9. The lowest BCUT2D eigenvalue weighted by molar-refractivity contribution is 0.0529. The van der Waals surface area contributed by atoms with E-state index >= 15 is 0 Å². The van der Waals surface area contributed by atoms with Gasteiger partial charge in [0.15, 0.2) is 0 Å². The van der Waals surface area contributed by atoms with Crippen LogP contribution in [0.15, 0.2) is 101 Å². The molecule has 0 aliphatic carbocycles. The number of carbonyl (C=O) groups excluding carboxylic acids is 2. The average Bonchev–Trinajstić information content (AvgIpc) is 3.56. The summed E-state index contributed by atoms with van der Waals surface area (Å²) in [6.45, 7) is 1.99. The number of anilines is 1. The van der Waals surface area contributed by atoms with Crippen LogP contribution in [0.25, 0.3) is 28.1 Å². The Morgan fingerprint density at radius 3 is 2.30 bits per heavy atom. The summed E-state index contributed by atoms with van der Waals surface area (Å²) < 4.78 is 7.95. The SMILES string of the molecule is CCOC(=O)c1c(-c2ccccc2)csc1NC(=O)c1cn(-c2ccccc2)nc1-c1ccc(Br)cc1. The summed E-state index contributed by atoms with van der Waals surface area (Å²) in [5, 5.41) is 9.98. The molecule has 1 amide bonds. The molecular weight excluding hydrogens is 550 g/mol. The number of nitrogens with one attached hydrogen (secondary N) is 1. The third-order valence-corrected chi connectivity index (χ3v) is 7.10. The van der Waals surface area contributed by atoms with Crippen molar-refractivity contribution >= 4 is 44.1 Å². The maximum atomic E-state index is 13.7. The molecule has 0 atom stereocenters. The van der Waals surface area contributed by atoms with Crippen LogP contribution in [0.4, 0.5) is 5.00 Å². The minimum Gasteiger partial charge on any atom is -0.462 e. The lowest BCUT2D eigenvalue weighted by Gasteiger charge is -2.09. The van der Waals surface area contributed by atoms with Gasteiger partial charge in [0.1, 0.15) is 16.3 Å². The van der Waals surface area contributed by atoms with Gasteiger partial charge in [0, 0.05) is 27.2 Å². The number of halogens is 1. The molecule has 0 aliphatic rings. The fourth-order valence-corrected chi connectivity index (χ4v) is 5.15. The first-order valence-corrected chi connectivity index (χ1v) is 13.3. The molecule has 0 fully saturated rings. The first kappa shape index (κ1) is 24.7. The molecule has 0 unspecified atom stereocenters. The summed E-state index contributed by atoms with van der Waals surface area (Å²) in [6.07, 6.45) is 1.71. The Labute approximate surface area is 226 Å². The third kappa shape index (κ3) is 5.26. The van der Waals surface area contributed by atoms with Gasteiger partial charge >= 0.3 is 5.97 Å². The van der Waals surface area contributed by atoms with Gasteiger partial charge in [0.25, 0.3) is 5.91 Å². The number of aromatic nitrogens is 2. The summed E-state index contributed by atoms with van der Waals surface area (Å²) in [6, 6.07) is 26.8. The molecule has 2 aromatic heterocycles. The van der Waals surface area contributed by atoms with Crippen molar-refractivity contribution in [3.63, 3.8) is 0 Å². The first-order chi connectivity index (χ1) is 18.0.